The number of aromatic amines is 1. The molecule has 9 rings (SSSR count). The van der Waals surface area contributed by atoms with Crippen molar-refractivity contribution < 1.29 is 14.7 Å². The first-order valence-electron chi connectivity index (χ1n) is 15.6. The van der Waals surface area contributed by atoms with E-state index in [0.29, 0.717) is 49.2 Å². The summed E-state index contributed by atoms with van der Waals surface area (Å²) in [5.74, 6) is 1.76. The third-order valence-electron chi connectivity index (χ3n) is 11.0. The lowest BCUT2D eigenvalue weighted by Gasteiger charge is -2.58. The Hall–Kier alpha value is -2.85. The third-order valence-corrected chi connectivity index (χ3v) is 11.0. The molecular formula is C30H41N7O3. The molecule has 2 aromatic heterocycles. The molecule has 7 aliphatic rings. The highest BCUT2D eigenvalue weighted by molar-refractivity contribution is 6.39. The number of anilines is 2. The Bertz CT molecular complexity index is 1300. The van der Waals surface area contributed by atoms with Crippen molar-refractivity contribution in [3.8, 4) is 11.3 Å². The van der Waals surface area contributed by atoms with Gasteiger partial charge in [0.05, 0.1) is 17.3 Å². The van der Waals surface area contributed by atoms with Crippen molar-refractivity contribution >= 4 is 23.5 Å². The molecule has 3 unspecified atom stereocenters. The number of H-pyrrole nitrogens is 1. The number of nitrogens with one attached hydrogen (secondary N) is 3. The lowest BCUT2D eigenvalue weighted by molar-refractivity contribution is -0.148. The molecule has 0 aromatic carbocycles. The van der Waals surface area contributed by atoms with Crippen LogP contribution in [0.5, 0.6) is 0 Å². The van der Waals surface area contributed by atoms with Crippen LogP contribution < -0.4 is 10.6 Å². The summed E-state index contributed by atoms with van der Waals surface area (Å²) in [5.41, 5.74) is 2.49. The van der Waals surface area contributed by atoms with Crippen molar-refractivity contribution in [2.75, 3.05) is 36.8 Å². The third kappa shape index (κ3) is 4.01. The average Bonchev–Trinajstić information content (AvgIpc) is 3.57. The zero-order valence-electron chi connectivity index (χ0n) is 23.2. The Morgan fingerprint density at radius 2 is 1.77 bits per heavy atom. The van der Waals surface area contributed by atoms with E-state index in [-0.39, 0.29) is 6.04 Å². The second-order valence-electron chi connectivity index (χ2n) is 13.5. The molecule has 2 aromatic rings. The molecule has 5 heterocycles. The number of carbonyl (C=O) groups excluding carboxylic acids is 2. The molecule has 2 amide bonds. The van der Waals surface area contributed by atoms with E-state index in [1.54, 1.807) is 4.90 Å². The number of rotatable bonds is 3. The summed E-state index contributed by atoms with van der Waals surface area (Å²) >= 11 is 0. The van der Waals surface area contributed by atoms with E-state index in [0.717, 1.165) is 80.7 Å². The van der Waals surface area contributed by atoms with Gasteiger partial charge in [-0.05, 0) is 94.7 Å². The van der Waals surface area contributed by atoms with E-state index in [9.17, 15) is 14.7 Å². The number of likely N-dealkylation sites (tertiary alicyclic amines) is 2. The second-order valence-corrected chi connectivity index (χ2v) is 13.5. The number of fused-ring (bicyclic) bond motifs is 3. The molecule has 4 bridgehead atoms. The molecule has 214 valence electrons. The van der Waals surface area contributed by atoms with Gasteiger partial charge in [0, 0.05) is 43.0 Å². The summed E-state index contributed by atoms with van der Waals surface area (Å²) in [6.07, 6.45) is 12.5. The molecular weight excluding hydrogens is 506 g/mol. The molecule has 6 fully saturated rings. The molecule has 3 aliphatic heterocycles. The first-order valence-corrected chi connectivity index (χ1v) is 15.6. The number of hydrogen-bond donors (Lipinski definition) is 4. The van der Waals surface area contributed by atoms with E-state index in [1.807, 2.05) is 6.20 Å². The zero-order chi connectivity index (χ0) is 27.0. The van der Waals surface area contributed by atoms with Gasteiger partial charge in [0.2, 0.25) is 0 Å². The van der Waals surface area contributed by atoms with Crippen LogP contribution in [-0.4, -0.2) is 79.3 Å². The lowest BCUT2D eigenvalue weighted by atomic mass is 9.52. The summed E-state index contributed by atoms with van der Waals surface area (Å²) in [7, 11) is 0. The maximum absolute atomic E-state index is 13.3. The summed E-state index contributed by atoms with van der Waals surface area (Å²) in [6, 6.07) is 2.78. The van der Waals surface area contributed by atoms with Crippen LogP contribution in [0, 0.1) is 17.8 Å². The van der Waals surface area contributed by atoms with Crippen LogP contribution in [0.2, 0.25) is 0 Å². The molecule has 40 heavy (non-hydrogen) atoms. The maximum atomic E-state index is 13.3. The van der Waals surface area contributed by atoms with Gasteiger partial charge >= 0.3 is 11.8 Å². The van der Waals surface area contributed by atoms with Crippen molar-refractivity contribution in [2.45, 2.75) is 88.4 Å². The number of nitrogens with zero attached hydrogens (tertiary/aromatic N) is 4. The van der Waals surface area contributed by atoms with Gasteiger partial charge in [-0.25, -0.2) is 0 Å². The molecule has 4 aliphatic carbocycles. The minimum absolute atomic E-state index is 0.196. The molecule has 4 saturated carbocycles. The van der Waals surface area contributed by atoms with Crippen LogP contribution in [-0.2, 0) is 16.1 Å². The molecule has 5 atom stereocenters. The first kappa shape index (κ1) is 24.9. The van der Waals surface area contributed by atoms with Crippen LogP contribution in [0.3, 0.4) is 0 Å². The van der Waals surface area contributed by atoms with Crippen molar-refractivity contribution in [1.82, 2.24) is 24.6 Å². The van der Waals surface area contributed by atoms with Crippen LogP contribution in [0.4, 0.5) is 11.6 Å². The fourth-order valence-electron chi connectivity index (χ4n) is 9.50. The number of aromatic nitrogens is 3. The van der Waals surface area contributed by atoms with E-state index < -0.39 is 17.4 Å². The molecule has 10 nitrogen and oxygen atoms in total. The first-order chi connectivity index (χ1) is 19.5. The lowest BCUT2D eigenvalue weighted by Crippen LogP contribution is -2.55. The standard InChI is InChI=1S/C30H41N7O3/c38-28(29(39)36-10-5-21(6-11-36)35-8-2-1-3-9-35)33-27-23-17-32-26-22(4-7-31-26)25(23)37(34-27)24-19-12-18-13-20(24)16-30(40,14-18)15-19/h4,7,18-21,24,31-32,40H,1-3,5-6,8-17H2,(H,33,34,38)/t18?,19-,20+,24?,30?. The van der Waals surface area contributed by atoms with E-state index in [4.69, 9.17) is 5.10 Å². The number of aliphatic hydroxyl groups is 1. The van der Waals surface area contributed by atoms with Crippen molar-refractivity contribution in [3.63, 3.8) is 0 Å². The quantitative estimate of drug-likeness (QED) is 0.438. The minimum Gasteiger partial charge on any atom is -0.390 e. The van der Waals surface area contributed by atoms with Crippen molar-refractivity contribution in [3.05, 3.63) is 17.8 Å². The molecule has 4 N–H and O–H groups in total. The molecule has 0 spiro atoms. The molecule has 2 saturated heterocycles. The SMILES string of the molecule is O=C(Nc1nn(C2[C@@H]3CC4C[C@H]2CC(O)(C4)C3)c2c1CNc1[nH]ccc1-2)C(=O)N1CCC(N2CCCCC2)CC1. The van der Waals surface area contributed by atoms with Crippen molar-refractivity contribution in [1.29, 1.82) is 0 Å². The fourth-order valence-corrected chi connectivity index (χ4v) is 9.50. The largest absolute Gasteiger partial charge is 0.390 e. The van der Waals surface area contributed by atoms with Gasteiger partial charge < -0.3 is 30.5 Å². The highest BCUT2D eigenvalue weighted by Crippen LogP contribution is 2.60. The van der Waals surface area contributed by atoms with Crippen LogP contribution in [0.1, 0.15) is 75.8 Å². The van der Waals surface area contributed by atoms with E-state index >= 15 is 0 Å². The van der Waals surface area contributed by atoms with Gasteiger partial charge in [-0.15, -0.1) is 0 Å². The van der Waals surface area contributed by atoms with Crippen LogP contribution >= 0.6 is 0 Å². The fraction of sp³-hybridized carbons (Fsp3) is 0.700. The number of carbonyl (C=O) groups is 2. The van der Waals surface area contributed by atoms with Gasteiger partial charge in [-0.3, -0.25) is 14.3 Å². The van der Waals surface area contributed by atoms with E-state index in [2.05, 4.69) is 31.3 Å². The number of piperidine rings is 2. The van der Waals surface area contributed by atoms with Gasteiger partial charge in [-0.1, -0.05) is 6.42 Å². The Morgan fingerprint density at radius 1 is 1.02 bits per heavy atom. The van der Waals surface area contributed by atoms with E-state index in [1.165, 1.54) is 19.3 Å². The Morgan fingerprint density at radius 3 is 2.50 bits per heavy atom. The average molecular weight is 548 g/mol. The summed E-state index contributed by atoms with van der Waals surface area (Å²) in [5, 5.41) is 22.6. The highest BCUT2D eigenvalue weighted by Gasteiger charge is 2.56. The summed E-state index contributed by atoms with van der Waals surface area (Å²) < 4.78 is 2.16. The normalized spacial score (nSPS) is 33.4. The minimum atomic E-state index is -0.594. The Kier molecular flexibility index (Phi) is 5.82. The number of hydrogen-bond acceptors (Lipinski definition) is 6. The van der Waals surface area contributed by atoms with Crippen molar-refractivity contribution in [2.24, 2.45) is 17.8 Å². The van der Waals surface area contributed by atoms with Gasteiger partial charge in [0.25, 0.3) is 0 Å². The summed E-state index contributed by atoms with van der Waals surface area (Å²) in [4.78, 5) is 34.2. The van der Waals surface area contributed by atoms with Gasteiger partial charge in [0.1, 0.15) is 5.82 Å². The predicted octanol–water partition coefficient (Wildman–Crippen LogP) is 3.33. The maximum Gasteiger partial charge on any atom is 0.315 e. The van der Waals surface area contributed by atoms with Crippen LogP contribution in [0.15, 0.2) is 12.3 Å². The number of amides is 2. The van der Waals surface area contributed by atoms with Gasteiger partial charge in [-0.2, -0.15) is 5.10 Å². The highest BCUT2D eigenvalue weighted by atomic mass is 16.3. The second kappa shape index (κ2) is 9.34. The molecule has 10 heteroatoms. The Balaban J connectivity index is 1.04. The van der Waals surface area contributed by atoms with Crippen LogP contribution in [0.25, 0.3) is 11.3 Å². The predicted molar refractivity (Wildman–Crippen MR) is 151 cm³/mol. The zero-order valence-corrected chi connectivity index (χ0v) is 23.2. The smallest absolute Gasteiger partial charge is 0.315 e. The molecule has 0 radical (unpaired) electrons. The summed E-state index contributed by atoms with van der Waals surface area (Å²) in [6.45, 7) is 4.11. The Labute approximate surface area is 234 Å². The van der Waals surface area contributed by atoms with Gasteiger partial charge in [0.15, 0.2) is 5.82 Å². The topological polar surface area (TPSA) is 119 Å². The monoisotopic (exact) mass is 547 g/mol.